The Balaban J connectivity index is 1.64. The Morgan fingerprint density at radius 3 is 1.33 bits per heavy atom. The fourth-order valence-electron chi connectivity index (χ4n) is 7.44. The van der Waals surface area contributed by atoms with Crippen molar-refractivity contribution < 1.29 is 44.1 Å². The van der Waals surface area contributed by atoms with Crippen LogP contribution >= 0.6 is 0 Å². The van der Waals surface area contributed by atoms with Crippen molar-refractivity contribution in [1.82, 2.24) is 31.6 Å². The molecular formula is C47H66N16O9. The fourth-order valence-corrected chi connectivity index (χ4v) is 7.44. The van der Waals surface area contributed by atoms with E-state index in [4.69, 9.17) is 40.1 Å². The number of nitrogens with zero attached hydrogens (tertiary/aromatic N) is 3. The Labute approximate surface area is 414 Å². The predicted molar refractivity (Wildman–Crippen MR) is 271 cm³/mol. The number of carbonyl (C=O) groups is 6. The summed E-state index contributed by atoms with van der Waals surface area (Å²) in [5, 5.41) is 44.2. The number of nitrogens with two attached hydrogens (primary N) is 7. The molecule has 1 heterocycles. The molecule has 72 heavy (non-hydrogen) atoms. The number of amides is 5. The van der Waals surface area contributed by atoms with E-state index in [2.05, 4.69) is 46.5 Å². The summed E-state index contributed by atoms with van der Waals surface area (Å²) in [5.41, 5.74) is 41.5. The van der Waals surface area contributed by atoms with Gasteiger partial charge in [0.25, 0.3) is 0 Å². The SMILES string of the molecule is NC(N)=NCCCC(N)C(=O)NC(Cc1ccc(O)cc1)C(=O)NC(Cc1ccc(O)cc1)C(=O)NC(CCCN=C(N)N)C(=O)NC(CCCN=C(N)N)C(=O)NC(Cc1c[nH]c2ccccc12)C(=O)O. The Kier molecular flexibility index (Phi) is 21.9. The smallest absolute Gasteiger partial charge is 0.326 e. The summed E-state index contributed by atoms with van der Waals surface area (Å²) in [6.45, 7) is 0.283. The number of nitrogens with one attached hydrogen (secondary N) is 6. The van der Waals surface area contributed by atoms with Gasteiger partial charge in [-0.05, 0) is 85.5 Å². The zero-order chi connectivity index (χ0) is 52.7. The molecule has 0 bridgehead atoms. The zero-order valence-corrected chi connectivity index (χ0v) is 39.6. The van der Waals surface area contributed by atoms with Crippen molar-refractivity contribution in [2.24, 2.45) is 55.1 Å². The molecule has 3 aromatic carbocycles. The summed E-state index contributed by atoms with van der Waals surface area (Å²) >= 11 is 0. The van der Waals surface area contributed by atoms with Crippen LogP contribution in [0.4, 0.5) is 0 Å². The first-order chi connectivity index (χ1) is 34.3. The molecule has 23 N–H and O–H groups in total. The molecule has 25 nitrogen and oxygen atoms in total. The number of guanidine groups is 3. The molecule has 25 heteroatoms. The number of aromatic nitrogens is 1. The summed E-state index contributed by atoms with van der Waals surface area (Å²) in [5.74, 6) is -6.12. The van der Waals surface area contributed by atoms with Crippen LogP contribution in [0.2, 0.25) is 0 Å². The number of carboxylic acids is 1. The molecule has 0 saturated carbocycles. The largest absolute Gasteiger partial charge is 0.508 e. The molecule has 0 spiro atoms. The number of carbonyl (C=O) groups excluding carboxylic acids is 5. The van der Waals surface area contributed by atoms with E-state index in [1.807, 2.05) is 18.2 Å². The molecule has 0 aliphatic heterocycles. The predicted octanol–water partition coefficient (Wildman–Crippen LogP) is -2.40. The van der Waals surface area contributed by atoms with Gasteiger partial charge < -0.3 is 87.0 Å². The van der Waals surface area contributed by atoms with Gasteiger partial charge in [-0.1, -0.05) is 42.5 Å². The second-order valence-corrected chi connectivity index (χ2v) is 16.9. The van der Waals surface area contributed by atoms with Crippen molar-refractivity contribution in [2.75, 3.05) is 19.6 Å². The van der Waals surface area contributed by atoms with Gasteiger partial charge in [0.15, 0.2) is 17.9 Å². The molecule has 4 aromatic rings. The summed E-state index contributed by atoms with van der Waals surface area (Å²) in [6, 6.07) is 10.8. The van der Waals surface area contributed by atoms with Gasteiger partial charge in [0.1, 0.15) is 41.7 Å². The van der Waals surface area contributed by atoms with Crippen LogP contribution in [-0.2, 0) is 48.0 Å². The van der Waals surface area contributed by atoms with Crippen LogP contribution in [0.15, 0.2) is 94.0 Å². The third-order valence-corrected chi connectivity index (χ3v) is 11.2. The number of hydrogen-bond acceptors (Lipinski definition) is 12. The number of aliphatic imine (C=N–C) groups is 3. The van der Waals surface area contributed by atoms with Gasteiger partial charge in [-0.2, -0.15) is 0 Å². The normalized spacial score (nSPS) is 13.4. The average molecular weight is 999 g/mol. The molecule has 388 valence electrons. The Morgan fingerprint density at radius 1 is 0.500 bits per heavy atom. The summed E-state index contributed by atoms with van der Waals surface area (Å²) in [4.78, 5) is 98.2. The van der Waals surface area contributed by atoms with Crippen LogP contribution in [0.5, 0.6) is 11.5 Å². The molecule has 0 aliphatic carbocycles. The molecule has 0 aliphatic rings. The van der Waals surface area contributed by atoms with E-state index < -0.39 is 71.8 Å². The first-order valence-corrected chi connectivity index (χ1v) is 23.1. The second-order valence-electron chi connectivity index (χ2n) is 16.9. The van der Waals surface area contributed by atoms with Gasteiger partial charge >= 0.3 is 5.97 Å². The maximum atomic E-state index is 14.5. The number of aromatic hydroxyl groups is 2. The minimum atomic E-state index is -1.44. The van der Waals surface area contributed by atoms with Gasteiger partial charge in [0.2, 0.25) is 29.5 Å². The van der Waals surface area contributed by atoms with Crippen LogP contribution in [0.3, 0.4) is 0 Å². The second kappa shape index (κ2) is 28.2. The number of para-hydroxylation sites is 1. The fraction of sp³-hybridized carbons (Fsp3) is 0.383. The molecule has 5 amide bonds. The summed E-state index contributed by atoms with van der Waals surface area (Å²) in [7, 11) is 0. The molecule has 1 aromatic heterocycles. The number of carboxylic acid groups (broad SMARTS) is 1. The highest BCUT2D eigenvalue weighted by atomic mass is 16.4. The number of aromatic amines is 1. The van der Waals surface area contributed by atoms with Crippen LogP contribution in [0.25, 0.3) is 10.9 Å². The van der Waals surface area contributed by atoms with E-state index in [1.165, 1.54) is 36.4 Å². The maximum absolute atomic E-state index is 14.5. The third kappa shape index (κ3) is 19.1. The summed E-state index contributed by atoms with van der Waals surface area (Å²) < 4.78 is 0. The quantitative estimate of drug-likeness (QED) is 0.0153. The number of benzene rings is 3. The third-order valence-electron chi connectivity index (χ3n) is 11.2. The van der Waals surface area contributed by atoms with E-state index in [0.717, 1.165) is 10.9 Å². The lowest BCUT2D eigenvalue weighted by atomic mass is 10.0. The lowest BCUT2D eigenvalue weighted by Crippen LogP contribution is -2.60. The van der Waals surface area contributed by atoms with Crippen molar-refractivity contribution in [3.63, 3.8) is 0 Å². The van der Waals surface area contributed by atoms with E-state index in [0.29, 0.717) is 23.1 Å². The number of aliphatic carboxylic acids is 1. The zero-order valence-electron chi connectivity index (χ0n) is 39.6. The highest BCUT2D eigenvalue weighted by Gasteiger charge is 2.33. The molecule has 4 rings (SSSR count). The topological polar surface area (TPSA) is 458 Å². The van der Waals surface area contributed by atoms with Gasteiger partial charge in [0.05, 0.1) is 6.04 Å². The van der Waals surface area contributed by atoms with Crippen LogP contribution in [0, 0.1) is 0 Å². The van der Waals surface area contributed by atoms with Crippen LogP contribution < -0.4 is 66.7 Å². The van der Waals surface area contributed by atoms with Gasteiger partial charge in [0, 0.05) is 56.0 Å². The van der Waals surface area contributed by atoms with Crippen molar-refractivity contribution in [2.45, 2.75) is 94.0 Å². The Morgan fingerprint density at radius 2 is 0.889 bits per heavy atom. The number of H-pyrrole nitrogens is 1. The van der Waals surface area contributed by atoms with E-state index in [9.17, 15) is 44.1 Å². The number of phenols is 2. The average Bonchev–Trinajstić information content (AvgIpc) is 3.74. The van der Waals surface area contributed by atoms with E-state index in [1.54, 1.807) is 24.4 Å². The minimum absolute atomic E-state index is 0.0290. The van der Waals surface area contributed by atoms with Gasteiger partial charge in [-0.3, -0.25) is 38.9 Å². The molecule has 6 atom stereocenters. The molecule has 0 fully saturated rings. The van der Waals surface area contributed by atoms with Gasteiger partial charge in [-0.25, -0.2) is 4.79 Å². The van der Waals surface area contributed by atoms with E-state index in [-0.39, 0.29) is 100 Å². The molecule has 6 unspecified atom stereocenters. The first-order valence-electron chi connectivity index (χ1n) is 23.1. The minimum Gasteiger partial charge on any atom is -0.508 e. The van der Waals surface area contributed by atoms with Crippen LogP contribution in [0.1, 0.15) is 55.2 Å². The number of hydrogen-bond donors (Lipinski definition) is 16. The molecule has 0 saturated heterocycles. The number of phenolic OH excluding ortho intramolecular Hbond substituents is 2. The van der Waals surface area contributed by atoms with Crippen molar-refractivity contribution in [3.8, 4) is 11.5 Å². The Hall–Kier alpha value is -8.61. The molecular weight excluding hydrogens is 933 g/mol. The van der Waals surface area contributed by atoms with Crippen molar-refractivity contribution in [3.05, 3.63) is 95.7 Å². The van der Waals surface area contributed by atoms with Crippen molar-refractivity contribution >= 4 is 64.3 Å². The van der Waals surface area contributed by atoms with Crippen LogP contribution in [-0.4, -0.2) is 130 Å². The maximum Gasteiger partial charge on any atom is 0.326 e. The van der Waals surface area contributed by atoms with Gasteiger partial charge in [-0.15, -0.1) is 0 Å². The molecule has 0 radical (unpaired) electrons. The number of rotatable bonds is 29. The summed E-state index contributed by atoms with van der Waals surface area (Å²) in [6.07, 6.45) is 1.85. The lowest BCUT2D eigenvalue weighted by Gasteiger charge is -2.27. The highest BCUT2D eigenvalue weighted by molar-refractivity contribution is 5.97. The Bertz CT molecular complexity index is 2540. The highest BCUT2D eigenvalue weighted by Crippen LogP contribution is 2.20. The lowest BCUT2D eigenvalue weighted by molar-refractivity contribution is -0.142. The standard InChI is InChI=1S/C47H66N16O9/c48-32(7-3-19-55-45(49)50)39(66)61-36(22-26-11-15-29(64)16-12-26)43(70)62-37(23-27-13-17-30(65)18-14-27)42(69)60-34(9-4-20-56-46(51)52)40(67)59-35(10-5-21-57-47(53)54)41(68)63-38(44(71)72)24-28-25-58-33-8-2-1-6-31(28)33/h1-2,6,8,11-18,25,32,34-38,58,64-65H,3-5,7,9-10,19-24,48H2,(H,59,67)(H,60,69)(H,61,66)(H,62,70)(H,63,68)(H,71,72)(H4,49,50,55)(H4,51,52,56)(H4,53,54,57). The number of fused-ring (bicyclic) bond motifs is 1. The van der Waals surface area contributed by atoms with E-state index >= 15 is 0 Å². The van der Waals surface area contributed by atoms with Crippen molar-refractivity contribution in [1.29, 1.82) is 0 Å². The first kappa shape index (κ1) is 56.0. The monoisotopic (exact) mass is 999 g/mol.